The first-order chi connectivity index (χ1) is 8.33. The van der Waals surface area contributed by atoms with Crippen molar-refractivity contribution < 1.29 is 9.90 Å². The van der Waals surface area contributed by atoms with Crippen molar-refractivity contribution in [3.05, 3.63) is 0 Å². The van der Waals surface area contributed by atoms with E-state index in [-0.39, 0.29) is 0 Å². The Kier molecular flexibility index (Phi) is 5.56. The normalized spacial score (nSPS) is 22.1. The summed E-state index contributed by atoms with van der Waals surface area (Å²) in [7, 11) is 0. The molecule has 0 aliphatic carbocycles. The van der Waals surface area contributed by atoms with Crippen molar-refractivity contribution in [3.63, 3.8) is 0 Å². The first-order valence-electron chi connectivity index (χ1n) is 6.81. The van der Waals surface area contributed by atoms with E-state index in [1.807, 2.05) is 0 Å². The fourth-order valence-electron chi connectivity index (χ4n) is 2.28. The van der Waals surface area contributed by atoms with E-state index in [0.29, 0.717) is 12.5 Å². The van der Waals surface area contributed by atoms with Gasteiger partial charge in [0.05, 0.1) is 0 Å². The largest absolute Gasteiger partial charge is 0.480 e. The Morgan fingerprint density at radius 2 is 1.89 bits per heavy atom. The molecular formula is C13H27N3O2. The van der Waals surface area contributed by atoms with Gasteiger partial charge in [-0.05, 0) is 40.2 Å². The molecule has 0 aromatic rings. The number of nitrogens with zero attached hydrogens (tertiary/aromatic N) is 2. The zero-order valence-electron chi connectivity index (χ0n) is 11.9. The van der Waals surface area contributed by atoms with Gasteiger partial charge >= 0.3 is 5.97 Å². The fourth-order valence-corrected chi connectivity index (χ4v) is 2.28. The Balaban J connectivity index is 2.21. The third kappa shape index (κ3) is 4.55. The van der Waals surface area contributed by atoms with E-state index in [1.165, 1.54) is 0 Å². The quantitative estimate of drug-likeness (QED) is 0.729. The minimum absolute atomic E-state index is 0.534. The molecule has 1 rings (SSSR count). The summed E-state index contributed by atoms with van der Waals surface area (Å²) in [5.74, 6) is -0.910. The number of aliphatic carboxylic acids is 1. The lowest BCUT2D eigenvalue weighted by Crippen LogP contribution is -2.49. The van der Waals surface area contributed by atoms with Crippen LogP contribution in [0, 0.1) is 0 Å². The average Bonchev–Trinajstić information content (AvgIpc) is 2.29. The van der Waals surface area contributed by atoms with Crippen molar-refractivity contribution in [1.82, 2.24) is 9.80 Å². The van der Waals surface area contributed by atoms with Crippen LogP contribution in [0.25, 0.3) is 0 Å². The van der Waals surface area contributed by atoms with Crippen LogP contribution in [0.5, 0.6) is 0 Å². The summed E-state index contributed by atoms with van der Waals surface area (Å²) in [6.07, 6.45) is 1.38. The summed E-state index contributed by atoms with van der Waals surface area (Å²) in [6, 6.07) is 0.617. The van der Waals surface area contributed by atoms with Gasteiger partial charge in [-0.15, -0.1) is 0 Å². The van der Waals surface area contributed by atoms with Gasteiger partial charge in [0, 0.05) is 32.2 Å². The SMILES string of the molecule is CC(C)N1CCN(CCCC(C)(N)C(=O)O)CC1. The molecule has 106 valence electrons. The minimum atomic E-state index is -1.08. The Bertz CT molecular complexity index is 271. The molecule has 0 aromatic heterocycles. The van der Waals surface area contributed by atoms with Crippen molar-refractivity contribution >= 4 is 5.97 Å². The summed E-state index contributed by atoms with van der Waals surface area (Å²) in [6.45, 7) is 11.4. The number of hydrogen-bond donors (Lipinski definition) is 2. The molecule has 1 heterocycles. The van der Waals surface area contributed by atoms with Gasteiger partial charge in [-0.25, -0.2) is 0 Å². The first-order valence-corrected chi connectivity index (χ1v) is 6.81. The van der Waals surface area contributed by atoms with E-state index in [0.717, 1.165) is 39.1 Å². The van der Waals surface area contributed by atoms with E-state index in [1.54, 1.807) is 6.92 Å². The maximum Gasteiger partial charge on any atom is 0.323 e. The van der Waals surface area contributed by atoms with E-state index in [9.17, 15) is 4.79 Å². The molecule has 5 heteroatoms. The highest BCUT2D eigenvalue weighted by Crippen LogP contribution is 2.11. The monoisotopic (exact) mass is 257 g/mol. The molecule has 18 heavy (non-hydrogen) atoms. The van der Waals surface area contributed by atoms with E-state index in [4.69, 9.17) is 10.8 Å². The van der Waals surface area contributed by atoms with Crippen molar-refractivity contribution in [2.45, 2.75) is 45.2 Å². The molecule has 0 amide bonds. The smallest absolute Gasteiger partial charge is 0.323 e. The predicted molar refractivity (Wildman–Crippen MR) is 72.6 cm³/mol. The Hall–Kier alpha value is -0.650. The highest BCUT2D eigenvalue weighted by molar-refractivity contribution is 5.77. The molecule has 1 atom stereocenters. The van der Waals surface area contributed by atoms with Crippen LogP contribution in [-0.2, 0) is 4.79 Å². The Morgan fingerprint density at radius 3 is 2.33 bits per heavy atom. The van der Waals surface area contributed by atoms with Gasteiger partial charge in [0.1, 0.15) is 5.54 Å². The van der Waals surface area contributed by atoms with Gasteiger partial charge in [0.15, 0.2) is 0 Å². The van der Waals surface area contributed by atoms with Gasteiger partial charge in [0.25, 0.3) is 0 Å². The number of carboxylic acids is 1. The third-order valence-corrected chi connectivity index (χ3v) is 3.80. The summed E-state index contributed by atoms with van der Waals surface area (Å²) >= 11 is 0. The van der Waals surface area contributed by atoms with Crippen LogP contribution in [0.2, 0.25) is 0 Å². The molecule has 1 unspecified atom stereocenters. The Morgan fingerprint density at radius 1 is 1.33 bits per heavy atom. The van der Waals surface area contributed by atoms with Crippen LogP contribution in [0.4, 0.5) is 0 Å². The summed E-state index contributed by atoms with van der Waals surface area (Å²) in [5.41, 5.74) is 4.63. The molecular weight excluding hydrogens is 230 g/mol. The molecule has 0 aromatic carbocycles. The van der Waals surface area contributed by atoms with Crippen molar-refractivity contribution in [1.29, 1.82) is 0 Å². The molecule has 1 fully saturated rings. The second-order valence-electron chi connectivity index (χ2n) is 5.80. The maximum atomic E-state index is 10.9. The molecule has 1 aliphatic heterocycles. The lowest BCUT2D eigenvalue weighted by Gasteiger charge is -2.37. The van der Waals surface area contributed by atoms with Crippen LogP contribution in [0.15, 0.2) is 0 Å². The van der Waals surface area contributed by atoms with E-state index in [2.05, 4.69) is 23.6 Å². The molecule has 0 spiro atoms. The zero-order valence-corrected chi connectivity index (χ0v) is 11.9. The fraction of sp³-hybridized carbons (Fsp3) is 0.923. The van der Waals surface area contributed by atoms with Crippen molar-refractivity contribution in [2.24, 2.45) is 5.73 Å². The zero-order chi connectivity index (χ0) is 13.8. The number of hydrogen-bond acceptors (Lipinski definition) is 4. The summed E-state index contributed by atoms with van der Waals surface area (Å²) in [5, 5.41) is 8.93. The van der Waals surface area contributed by atoms with Crippen LogP contribution < -0.4 is 5.73 Å². The molecule has 0 saturated carbocycles. The van der Waals surface area contributed by atoms with Crippen LogP contribution in [0.3, 0.4) is 0 Å². The van der Waals surface area contributed by atoms with Gasteiger partial charge in [-0.3, -0.25) is 9.69 Å². The average molecular weight is 257 g/mol. The molecule has 5 nitrogen and oxygen atoms in total. The van der Waals surface area contributed by atoms with Crippen LogP contribution in [0.1, 0.15) is 33.6 Å². The van der Waals surface area contributed by atoms with E-state index < -0.39 is 11.5 Å². The number of carbonyl (C=O) groups is 1. The molecule has 0 radical (unpaired) electrons. The van der Waals surface area contributed by atoms with Gasteiger partial charge < -0.3 is 15.7 Å². The summed E-state index contributed by atoms with van der Waals surface area (Å²) < 4.78 is 0. The topological polar surface area (TPSA) is 69.8 Å². The number of rotatable bonds is 6. The minimum Gasteiger partial charge on any atom is -0.480 e. The number of carboxylic acid groups (broad SMARTS) is 1. The highest BCUT2D eigenvalue weighted by Gasteiger charge is 2.27. The van der Waals surface area contributed by atoms with Gasteiger partial charge in [-0.2, -0.15) is 0 Å². The lowest BCUT2D eigenvalue weighted by molar-refractivity contribution is -0.143. The van der Waals surface area contributed by atoms with E-state index >= 15 is 0 Å². The first kappa shape index (κ1) is 15.4. The third-order valence-electron chi connectivity index (χ3n) is 3.80. The second kappa shape index (κ2) is 6.50. The van der Waals surface area contributed by atoms with Gasteiger partial charge in [0.2, 0.25) is 0 Å². The predicted octanol–water partition coefficient (Wildman–Crippen LogP) is 0.595. The molecule has 1 aliphatic rings. The maximum absolute atomic E-state index is 10.9. The van der Waals surface area contributed by atoms with Crippen LogP contribution >= 0.6 is 0 Å². The molecule has 1 saturated heterocycles. The Labute approximate surface area is 110 Å². The lowest BCUT2D eigenvalue weighted by atomic mass is 9.97. The summed E-state index contributed by atoms with van der Waals surface area (Å²) in [4.78, 5) is 15.7. The van der Waals surface area contributed by atoms with Crippen LogP contribution in [-0.4, -0.2) is 65.2 Å². The number of piperazine rings is 1. The van der Waals surface area contributed by atoms with Crippen molar-refractivity contribution in [3.8, 4) is 0 Å². The molecule has 0 bridgehead atoms. The highest BCUT2D eigenvalue weighted by atomic mass is 16.4. The standard InChI is InChI=1S/C13H27N3O2/c1-11(2)16-9-7-15(8-10-16)6-4-5-13(3,14)12(17)18/h11H,4-10,14H2,1-3H3,(H,17,18). The van der Waals surface area contributed by atoms with Gasteiger partial charge in [-0.1, -0.05) is 0 Å². The number of nitrogens with two attached hydrogens (primary N) is 1. The van der Waals surface area contributed by atoms with Crippen molar-refractivity contribution in [2.75, 3.05) is 32.7 Å². The molecule has 3 N–H and O–H groups in total. The second-order valence-corrected chi connectivity index (χ2v) is 5.80.